The van der Waals surface area contributed by atoms with Gasteiger partial charge in [0, 0.05) is 30.7 Å². The Labute approximate surface area is 86.0 Å². The number of carboxylic acids is 1. The van der Waals surface area contributed by atoms with Crippen molar-refractivity contribution >= 4 is 23.5 Å². The average molecular weight is 218 g/mol. The predicted molar refractivity (Wildman–Crippen MR) is 53.1 cm³/mol. The van der Waals surface area contributed by atoms with Crippen molar-refractivity contribution < 1.29 is 18.8 Å². The van der Waals surface area contributed by atoms with E-state index in [1.165, 1.54) is 7.05 Å². The van der Waals surface area contributed by atoms with Crippen LogP contribution in [0.5, 0.6) is 0 Å². The quantitative estimate of drug-likeness (QED) is 0.314. The molecular formula is C8H12NO4S+. The number of carbonyl (C=O) groups is 1. The van der Waals surface area contributed by atoms with E-state index in [1.807, 2.05) is 0 Å². The molecule has 0 aromatic carbocycles. The van der Waals surface area contributed by atoms with Crippen LogP contribution in [0.25, 0.3) is 0 Å². The molecule has 78 valence electrons. The van der Waals surface area contributed by atoms with Crippen LogP contribution in [0.2, 0.25) is 0 Å². The third kappa shape index (κ3) is 6.24. The minimum absolute atomic E-state index is 0.0147. The van der Waals surface area contributed by atoms with Gasteiger partial charge >= 0.3 is 22.7 Å². The maximum Gasteiger partial charge on any atom is 0.547 e. The van der Waals surface area contributed by atoms with Crippen LogP contribution in [-0.2, 0) is 25.4 Å². The number of carboxylic acid groups (broad SMARTS) is 1. The molecule has 0 fully saturated rings. The topological polar surface area (TPSA) is 76.0 Å². The number of nitrogens with zero attached hydrogens (tertiary/aromatic N) is 1. The van der Waals surface area contributed by atoms with Gasteiger partial charge in [0.15, 0.2) is 5.90 Å². The highest BCUT2D eigenvalue weighted by molar-refractivity contribution is 7.69. The molecule has 0 spiro atoms. The van der Waals surface area contributed by atoms with Gasteiger partial charge in [-0.05, 0) is 6.42 Å². The van der Waals surface area contributed by atoms with Crippen LogP contribution >= 0.6 is 0 Å². The number of rotatable bonds is 6. The molecule has 0 aliphatic carbocycles. The van der Waals surface area contributed by atoms with Crippen molar-refractivity contribution in [3.63, 3.8) is 0 Å². The van der Waals surface area contributed by atoms with E-state index in [1.54, 1.807) is 0 Å². The van der Waals surface area contributed by atoms with E-state index in [0.29, 0.717) is 18.7 Å². The molecule has 14 heavy (non-hydrogen) atoms. The molecule has 0 unspecified atom stereocenters. The number of ether oxygens (including phenoxy) is 1. The fourth-order valence-electron chi connectivity index (χ4n) is 0.748. The Morgan fingerprint density at radius 2 is 2.21 bits per heavy atom. The van der Waals surface area contributed by atoms with Gasteiger partial charge in [-0.15, -0.1) is 0 Å². The van der Waals surface area contributed by atoms with Crippen molar-refractivity contribution in [1.29, 1.82) is 0 Å². The third-order valence-electron chi connectivity index (χ3n) is 1.36. The van der Waals surface area contributed by atoms with Gasteiger partial charge in [-0.25, -0.2) is 0 Å². The number of aliphatic imine (C=N–C) groups is 1. The molecule has 0 heterocycles. The fraction of sp³-hybridized carbons (Fsp3) is 0.500. The van der Waals surface area contributed by atoms with Crippen LogP contribution in [0.1, 0.15) is 19.3 Å². The van der Waals surface area contributed by atoms with Gasteiger partial charge < -0.3 is 9.84 Å². The minimum atomic E-state index is -0.863. The van der Waals surface area contributed by atoms with Gasteiger partial charge in [-0.3, -0.25) is 9.79 Å². The summed E-state index contributed by atoms with van der Waals surface area (Å²) in [6.07, 6.45) is 0.876. The third-order valence-corrected chi connectivity index (χ3v) is 1.62. The highest BCUT2D eigenvalue weighted by Gasteiger charge is 2.13. The number of hydrogen-bond donors (Lipinski definition) is 1. The Hall–Kier alpha value is -1.30. The van der Waals surface area contributed by atoms with Crippen molar-refractivity contribution in [3.8, 4) is 0 Å². The van der Waals surface area contributed by atoms with E-state index >= 15 is 0 Å². The average Bonchev–Trinajstić information content (AvgIpc) is 2.15. The van der Waals surface area contributed by atoms with Crippen LogP contribution < -0.4 is 0 Å². The molecule has 0 rings (SSSR count). The van der Waals surface area contributed by atoms with Gasteiger partial charge in [0.2, 0.25) is 0 Å². The van der Waals surface area contributed by atoms with E-state index in [0.717, 1.165) is 0 Å². The summed E-state index contributed by atoms with van der Waals surface area (Å²) in [6, 6.07) is 0. The molecule has 0 aliphatic heterocycles. The highest BCUT2D eigenvalue weighted by Crippen LogP contribution is 2.03. The van der Waals surface area contributed by atoms with E-state index in [4.69, 9.17) is 9.84 Å². The lowest BCUT2D eigenvalue weighted by Gasteiger charge is -2.00. The van der Waals surface area contributed by atoms with Crippen molar-refractivity contribution in [3.05, 3.63) is 11.7 Å². The minimum Gasteiger partial charge on any atom is -0.481 e. The molecule has 0 aliphatic rings. The normalized spacial score (nSPS) is 10.8. The summed E-state index contributed by atoms with van der Waals surface area (Å²) in [4.78, 5) is 14.0. The Bertz CT molecular complexity index is 262. The van der Waals surface area contributed by atoms with Crippen LogP contribution in [0.15, 0.2) is 16.7 Å². The molecular weight excluding hydrogens is 206 g/mol. The Morgan fingerprint density at radius 1 is 1.57 bits per heavy atom. The molecule has 0 saturated carbocycles. The SMILES string of the molecule is C=C(O/C(CCCC(=O)O)=N\C)[S+]=O. The van der Waals surface area contributed by atoms with Crippen molar-refractivity contribution in [2.45, 2.75) is 19.3 Å². The lowest BCUT2D eigenvalue weighted by molar-refractivity contribution is -0.137. The summed E-state index contributed by atoms with van der Waals surface area (Å²) in [5.74, 6) is -0.530. The van der Waals surface area contributed by atoms with Crippen LogP contribution in [-0.4, -0.2) is 24.0 Å². The Kier molecular flexibility index (Phi) is 6.47. The van der Waals surface area contributed by atoms with Gasteiger partial charge in [-0.1, -0.05) is 0 Å². The summed E-state index contributed by atoms with van der Waals surface area (Å²) in [5, 5.41) is 8.39. The predicted octanol–water partition coefficient (Wildman–Crippen LogP) is 1.19. The number of hydrogen-bond acceptors (Lipinski definition) is 4. The second kappa shape index (κ2) is 7.14. The summed E-state index contributed by atoms with van der Waals surface area (Å²) in [6.45, 7) is 3.34. The van der Waals surface area contributed by atoms with E-state index < -0.39 is 5.97 Å². The summed E-state index contributed by atoms with van der Waals surface area (Å²) in [5.41, 5.74) is 0. The zero-order chi connectivity index (χ0) is 11.0. The molecule has 1 N–H and O–H groups in total. The van der Waals surface area contributed by atoms with E-state index in [9.17, 15) is 9.00 Å². The monoisotopic (exact) mass is 218 g/mol. The maximum absolute atomic E-state index is 10.2. The zero-order valence-electron chi connectivity index (χ0n) is 7.86. The first-order chi connectivity index (χ1) is 6.60. The lowest BCUT2D eigenvalue weighted by atomic mass is 10.2. The molecule has 0 aromatic rings. The largest absolute Gasteiger partial charge is 0.547 e. The zero-order valence-corrected chi connectivity index (χ0v) is 8.67. The summed E-state index contributed by atoms with van der Waals surface area (Å²) in [7, 11) is 1.51. The standard InChI is InChI=1S/C8H11NO4S/c1-6(14-12)13-7(9-2)4-3-5-8(10)11/h1,3-5H2,2H3/p+1/b9-7-. The van der Waals surface area contributed by atoms with Crippen molar-refractivity contribution in [2.75, 3.05) is 7.05 Å². The molecule has 0 saturated heterocycles. The Balaban J connectivity index is 3.87. The summed E-state index contributed by atoms with van der Waals surface area (Å²) < 4.78 is 15.1. The van der Waals surface area contributed by atoms with Crippen molar-refractivity contribution in [2.24, 2.45) is 4.99 Å². The van der Waals surface area contributed by atoms with E-state index in [-0.39, 0.29) is 23.2 Å². The number of aliphatic carboxylic acids is 1. The molecule has 0 aromatic heterocycles. The molecule has 0 atom stereocenters. The fourth-order valence-corrected chi connectivity index (χ4v) is 0.878. The molecule has 5 nitrogen and oxygen atoms in total. The highest BCUT2D eigenvalue weighted by atomic mass is 32.1. The second-order valence-electron chi connectivity index (χ2n) is 2.42. The van der Waals surface area contributed by atoms with Crippen LogP contribution in [0.4, 0.5) is 0 Å². The first-order valence-electron chi connectivity index (χ1n) is 3.94. The first kappa shape index (κ1) is 12.7. The lowest BCUT2D eigenvalue weighted by Crippen LogP contribution is -2.05. The molecule has 0 bridgehead atoms. The molecule has 0 radical (unpaired) electrons. The molecule has 6 heteroatoms. The smallest absolute Gasteiger partial charge is 0.481 e. The van der Waals surface area contributed by atoms with E-state index in [2.05, 4.69) is 11.6 Å². The van der Waals surface area contributed by atoms with Crippen LogP contribution in [0, 0.1) is 0 Å². The maximum atomic E-state index is 10.2. The summed E-state index contributed by atoms with van der Waals surface area (Å²) >= 11 is 0.144. The molecule has 0 amide bonds. The van der Waals surface area contributed by atoms with Gasteiger partial charge in [-0.2, -0.15) is 0 Å². The second-order valence-corrected chi connectivity index (χ2v) is 3.04. The van der Waals surface area contributed by atoms with Crippen molar-refractivity contribution in [1.82, 2.24) is 0 Å². The van der Waals surface area contributed by atoms with Crippen LogP contribution in [0.3, 0.4) is 0 Å². The van der Waals surface area contributed by atoms with Gasteiger partial charge in [0.1, 0.15) is 0 Å². The Morgan fingerprint density at radius 3 is 2.64 bits per heavy atom. The van der Waals surface area contributed by atoms with Gasteiger partial charge in [0.25, 0.3) is 0 Å². The van der Waals surface area contributed by atoms with Gasteiger partial charge in [0.05, 0.1) is 0 Å². The first-order valence-corrected chi connectivity index (χ1v) is 4.68.